The number of nitrogens with zero attached hydrogens (tertiary/aromatic N) is 1. The van der Waals surface area contributed by atoms with Crippen LogP contribution in [0.4, 0.5) is 8.78 Å². The number of ether oxygens (including phenoxy) is 3. The molecule has 0 saturated carbocycles. The molecule has 0 aliphatic carbocycles. The Bertz CT molecular complexity index is 1310. The SMILES string of the molecule is CCO[C@@H](CCO[Si](C(C)C)(C(C)C)C(C)C)c1ccc(OCc2ccc(F)c(-c3ccc(OC[C@H](O)CF)nc3C)c2)cc1. The van der Waals surface area contributed by atoms with Gasteiger partial charge in [-0.05, 0) is 78.4 Å². The first-order chi connectivity index (χ1) is 21.4. The minimum atomic E-state index is -1.94. The maximum atomic E-state index is 14.9. The first kappa shape index (κ1) is 36.6. The quantitative estimate of drug-likeness (QED) is 0.139. The molecule has 3 rings (SSSR count). The molecule has 248 valence electrons. The van der Waals surface area contributed by atoms with Crippen LogP contribution >= 0.6 is 0 Å². The first-order valence-electron chi connectivity index (χ1n) is 16.0. The fourth-order valence-electron chi connectivity index (χ4n) is 6.33. The number of aliphatic hydroxyl groups excluding tert-OH is 1. The summed E-state index contributed by atoms with van der Waals surface area (Å²) in [5.74, 6) is 0.565. The summed E-state index contributed by atoms with van der Waals surface area (Å²) in [6.07, 6.45) is -0.493. The lowest BCUT2D eigenvalue weighted by Gasteiger charge is -2.42. The summed E-state index contributed by atoms with van der Waals surface area (Å²) in [6, 6.07) is 16.1. The highest BCUT2D eigenvalue weighted by molar-refractivity contribution is 6.77. The number of aromatic nitrogens is 1. The van der Waals surface area contributed by atoms with Gasteiger partial charge in [0.15, 0.2) is 8.32 Å². The van der Waals surface area contributed by atoms with E-state index in [1.165, 1.54) is 6.07 Å². The van der Waals surface area contributed by atoms with Gasteiger partial charge in [-0.25, -0.2) is 13.8 Å². The fraction of sp³-hybridized carbons (Fsp3) is 0.528. The van der Waals surface area contributed by atoms with Crippen molar-refractivity contribution in [1.29, 1.82) is 0 Å². The summed E-state index contributed by atoms with van der Waals surface area (Å²) < 4.78 is 51.7. The predicted molar refractivity (Wildman–Crippen MR) is 179 cm³/mol. The van der Waals surface area contributed by atoms with Gasteiger partial charge in [0.25, 0.3) is 0 Å². The highest BCUT2D eigenvalue weighted by Gasteiger charge is 2.45. The maximum absolute atomic E-state index is 14.9. The molecule has 0 unspecified atom stereocenters. The minimum Gasteiger partial charge on any atom is -0.489 e. The zero-order chi connectivity index (χ0) is 33.1. The third kappa shape index (κ3) is 9.58. The van der Waals surface area contributed by atoms with E-state index in [-0.39, 0.29) is 31.0 Å². The molecule has 1 heterocycles. The number of pyridine rings is 1. The monoisotopic (exact) mass is 643 g/mol. The maximum Gasteiger partial charge on any atom is 0.213 e. The Kier molecular flexibility index (Phi) is 14.0. The van der Waals surface area contributed by atoms with E-state index < -0.39 is 21.1 Å². The van der Waals surface area contributed by atoms with E-state index in [1.54, 1.807) is 31.2 Å². The molecular weight excluding hydrogens is 592 g/mol. The lowest BCUT2D eigenvalue weighted by molar-refractivity contribution is 0.0439. The lowest BCUT2D eigenvalue weighted by atomic mass is 10.0. The summed E-state index contributed by atoms with van der Waals surface area (Å²) in [4.78, 5) is 4.34. The van der Waals surface area contributed by atoms with Crippen molar-refractivity contribution < 1.29 is 32.5 Å². The Labute approximate surface area is 269 Å². The van der Waals surface area contributed by atoms with E-state index in [4.69, 9.17) is 18.6 Å². The van der Waals surface area contributed by atoms with Crippen molar-refractivity contribution in [2.75, 3.05) is 26.5 Å². The molecule has 45 heavy (non-hydrogen) atoms. The number of hydrogen-bond acceptors (Lipinski definition) is 6. The van der Waals surface area contributed by atoms with E-state index in [0.29, 0.717) is 52.4 Å². The normalized spacial score (nSPS) is 13.5. The molecule has 6 nitrogen and oxygen atoms in total. The van der Waals surface area contributed by atoms with Crippen LogP contribution in [0.2, 0.25) is 16.6 Å². The van der Waals surface area contributed by atoms with Gasteiger partial charge in [0.2, 0.25) is 5.88 Å². The van der Waals surface area contributed by atoms with E-state index in [9.17, 15) is 13.9 Å². The average Bonchev–Trinajstić information content (AvgIpc) is 3.01. The molecule has 0 fully saturated rings. The van der Waals surface area contributed by atoms with Gasteiger partial charge in [-0.1, -0.05) is 59.7 Å². The molecule has 2 aromatic carbocycles. The highest BCUT2D eigenvalue weighted by Crippen LogP contribution is 2.42. The van der Waals surface area contributed by atoms with Crippen LogP contribution in [0.15, 0.2) is 54.6 Å². The van der Waals surface area contributed by atoms with Gasteiger partial charge >= 0.3 is 0 Å². The zero-order valence-corrected chi connectivity index (χ0v) is 29.1. The van der Waals surface area contributed by atoms with Crippen molar-refractivity contribution in [2.45, 2.75) is 97.2 Å². The van der Waals surface area contributed by atoms with E-state index in [0.717, 1.165) is 17.5 Å². The fourth-order valence-corrected chi connectivity index (χ4v) is 11.8. The van der Waals surface area contributed by atoms with Gasteiger partial charge < -0.3 is 23.7 Å². The van der Waals surface area contributed by atoms with Gasteiger partial charge in [-0.2, -0.15) is 0 Å². The van der Waals surface area contributed by atoms with Crippen molar-refractivity contribution in [2.24, 2.45) is 0 Å². The average molecular weight is 644 g/mol. The molecule has 0 aliphatic heterocycles. The number of rotatable bonds is 18. The Morgan fingerprint density at radius 2 is 1.53 bits per heavy atom. The van der Waals surface area contributed by atoms with Gasteiger partial charge in [-0.3, -0.25) is 0 Å². The van der Waals surface area contributed by atoms with Crippen molar-refractivity contribution in [1.82, 2.24) is 4.98 Å². The van der Waals surface area contributed by atoms with Crippen molar-refractivity contribution in [3.8, 4) is 22.8 Å². The highest BCUT2D eigenvalue weighted by atomic mass is 28.4. The van der Waals surface area contributed by atoms with Crippen LogP contribution in [-0.2, 0) is 15.8 Å². The van der Waals surface area contributed by atoms with Crippen molar-refractivity contribution >= 4 is 8.32 Å². The molecule has 0 amide bonds. The topological polar surface area (TPSA) is 70.0 Å². The number of aliphatic hydroxyl groups is 1. The second-order valence-corrected chi connectivity index (χ2v) is 17.9. The van der Waals surface area contributed by atoms with Crippen molar-refractivity contribution in [3.63, 3.8) is 0 Å². The van der Waals surface area contributed by atoms with Crippen LogP contribution in [0, 0.1) is 12.7 Å². The number of aryl methyl sites for hydroxylation is 1. The third-order valence-electron chi connectivity index (χ3n) is 8.45. The number of benzene rings is 2. The molecule has 2 atom stereocenters. The largest absolute Gasteiger partial charge is 0.489 e. The molecule has 0 radical (unpaired) electrons. The van der Waals surface area contributed by atoms with Gasteiger partial charge in [0, 0.05) is 36.1 Å². The van der Waals surface area contributed by atoms with Crippen LogP contribution in [0.5, 0.6) is 11.6 Å². The summed E-state index contributed by atoms with van der Waals surface area (Å²) in [5.41, 5.74) is 5.05. The first-order valence-corrected chi connectivity index (χ1v) is 18.2. The molecule has 0 saturated heterocycles. The van der Waals surface area contributed by atoms with Gasteiger partial charge in [-0.15, -0.1) is 0 Å². The number of hydrogen-bond donors (Lipinski definition) is 1. The third-order valence-corrected chi connectivity index (χ3v) is 14.6. The standard InChI is InChI=1S/C36H51F2NO5Si/c1-9-41-35(18-19-44-45(24(2)3,25(4)5)26(6)7)29-11-13-31(14-12-29)42-22-28-10-16-34(38)33(20-28)32-15-17-36(39-27(32)8)43-23-30(40)21-37/h10-17,20,24-26,30,35,40H,9,18-19,21-23H2,1-8H3/t30-,35+/m1/s1. The van der Waals surface area contributed by atoms with E-state index in [1.807, 2.05) is 31.2 Å². The summed E-state index contributed by atoms with van der Waals surface area (Å²) in [5, 5.41) is 9.38. The van der Waals surface area contributed by atoms with Crippen LogP contribution in [0.25, 0.3) is 11.1 Å². The summed E-state index contributed by atoms with van der Waals surface area (Å²) in [6.45, 7) is 18.0. The second-order valence-electron chi connectivity index (χ2n) is 12.5. The molecule has 9 heteroatoms. The van der Waals surface area contributed by atoms with Crippen LogP contribution in [-0.4, -0.2) is 51.0 Å². The molecule has 3 aromatic rings. The number of alkyl halides is 1. The van der Waals surface area contributed by atoms with E-state index >= 15 is 0 Å². The Morgan fingerprint density at radius 3 is 2.11 bits per heavy atom. The van der Waals surface area contributed by atoms with Gasteiger partial charge in [0.1, 0.15) is 37.6 Å². The van der Waals surface area contributed by atoms with Gasteiger partial charge in [0.05, 0.1) is 6.10 Å². The minimum absolute atomic E-state index is 0.0655. The Balaban J connectivity index is 1.65. The van der Waals surface area contributed by atoms with E-state index in [2.05, 4.69) is 46.5 Å². The second kappa shape index (κ2) is 17.2. The molecule has 0 aliphatic rings. The molecular formula is C36H51F2NO5Si. The molecule has 1 N–H and O–H groups in total. The van der Waals surface area contributed by atoms with Crippen molar-refractivity contribution in [3.05, 3.63) is 77.2 Å². The number of halogens is 2. The Morgan fingerprint density at radius 1 is 0.867 bits per heavy atom. The predicted octanol–water partition coefficient (Wildman–Crippen LogP) is 9.14. The van der Waals surface area contributed by atoms with Crippen LogP contribution in [0.3, 0.4) is 0 Å². The molecule has 0 bridgehead atoms. The summed E-state index contributed by atoms with van der Waals surface area (Å²) in [7, 11) is -1.94. The molecule has 0 spiro atoms. The summed E-state index contributed by atoms with van der Waals surface area (Å²) >= 11 is 0. The van der Waals surface area contributed by atoms with Crippen LogP contribution < -0.4 is 9.47 Å². The molecule has 1 aromatic heterocycles. The lowest BCUT2D eigenvalue weighted by Crippen LogP contribution is -2.48. The smallest absolute Gasteiger partial charge is 0.213 e. The Hall–Kier alpha value is -2.85. The zero-order valence-electron chi connectivity index (χ0n) is 28.1. The van der Waals surface area contributed by atoms with Crippen LogP contribution in [0.1, 0.15) is 77.8 Å².